The second kappa shape index (κ2) is 10.9. The highest BCUT2D eigenvalue weighted by molar-refractivity contribution is 7.17. The standard InChI is InChI=1S/C25H25N3O5S/c1-31-18-7-5-16(6-8-18)13-32-19-3-2-4-20(11-19)33-14-17-15-34-23-21(25(30)27-9-10-29)12-28-24(26)22(17)23/h2-8,11-12,15,29H,9-10,13-14H2,1H3,(H2,26,28)(H,27,30). The zero-order valence-electron chi connectivity index (χ0n) is 18.6. The number of aromatic nitrogens is 1. The number of ether oxygens (including phenoxy) is 3. The first kappa shape index (κ1) is 23.3. The van der Waals surface area contributed by atoms with Gasteiger partial charge in [0.15, 0.2) is 0 Å². The summed E-state index contributed by atoms with van der Waals surface area (Å²) in [5.41, 5.74) is 8.40. The first-order valence-corrected chi connectivity index (χ1v) is 11.5. The van der Waals surface area contributed by atoms with E-state index in [1.165, 1.54) is 17.5 Å². The van der Waals surface area contributed by atoms with Gasteiger partial charge >= 0.3 is 0 Å². The number of hydrogen-bond acceptors (Lipinski definition) is 8. The number of anilines is 1. The van der Waals surface area contributed by atoms with Crippen LogP contribution in [0, 0.1) is 0 Å². The lowest BCUT2D eigenvalue weighted by atomic mass is 10.1. The fourth-order valence-corrected chi connectivity index (χ4v) is 4.44. The van der Waals surface area contributed by atoms with Crippen LogP contribution < -0.4 is 25.3 Å². The Labute approximate surface area is 200 Å². The van der Waals surface area contributed by atoms with Crippen LogP contribution in [0.1, 0.15) is 21.5 Å². The summed E-state index contributed by atoms with van der Waals surface area (Å²) in [5, 5.41) is 14.2. The van der Waals surface area contributed by atoms with Crippen molar-refractivity contribution in [2.24, 2.45) is 0 Å². The molecule has 0 aliphatic rings. The first-order chi connectivity index (χ1) is 16.6. The number of hydrogen-bond donors (Lipinski definition) is 3. The third kappa shape index (κ3) is 5.38. The molecule has 0 radical (unpaired) electrons. The van der Waals surface area contributed by atoms with Gasteiger partial charge in [-0.05, 0) is 35.2 Å². The lowest BCUT2D eigenvalue weighted by Gasteiger charge is -2.10. The summed E-state index contributed by atoms with van der Waals surface area (Å²) in [6.07, 6.45) is 1.45. The third-order valence-electron chi connectivity index (χ3n) is 5.11. The van der Waals surface area contributed by atoms with E-state index in [4.69, 9.17) is 25.1 Å². The van der Waals surface area contributed by atoms with Gasteiger partial charge in [0.25, 0.3) is 5.91 Å². The molecule has 9 heteroatoms. The molecular weight excluding hydrogens is 454 g/mol. The molecule has 0 bridgehead atoms. The molecule has 4 rings (SSSR count). The molecule has 0 atom stereocenters. The SMILES string of the molecule is COc1ccc(COc2cccc(OCc3csc4c(C(=O)NCCO)cnc(N)c34)c2)cc1. The van der Waals surface area contributed by atoms with Crippen LogP contribution in [0.4, 0.5) is 5.82 Å². The molecule has 4 aromatic rings. The molecule has 2 aromatic heterocycles. The molecule has 2 aromatic carbocycles. The zero-order chi connectivity index (χ0) is 23.9. The number of nitrogens with one attached hydrogen (secondary N) is 1. The molecule has 0 aliphatic carbocycles. The Balaban J connectivity index is 1.44. The Kier molecular flexibility index (Phi) is 7.46. The van der Waals surface area contributed by atoms with Gasteiger partial charge in [-0.3, -0.25) is 4.79 Å². The monoisotopic (exact) mass is 479 g/mol. The van der Waals surface area contributed by atoms with E-state index in [0.29, 0.717) is 34.9 Å². The molecule has 8 nitrogen and oxygen atoms in total. The van der Waals surface area contributed by atoms with Crippen LogP contribution in [0.25, 0.3) is 10.1 Å². The first-order valence-electron chi connectivity index (χ1n) is 10.6. The molecule has 0 saturated carbocycles. The number of nitrogen functional groups attached to an aromatic ring is 1. The van der Waals surface area contributed by atoms with E-state index in [2.05, 4.69) is 10.3 Å². The van der Waals surface area contributed by atoms with E-state index in [0.717, 1.165) is 21.6 Å². The van der Waals surface area contributed by atoms with Crippen molar-refractivity contribution in [1.29, 1.82) is 0 Å². The van der Waals surface area contributed by atoms with Crippen LogP contribution in [0.15, 0.2) is 60.1 Å². The van der Waals surface area contributed by atoms with Gasteiger partial charge in [0.1, 0.15) is 36.3 Å². The summed E-state index contributed by atoms with van der Waals surface area (Å²) in [7, 11) is 1.63. The van der Waals surface area contributed by atoms with Crippen molar-refractivity contribution in [3.8, 4) is 17.2 Å². The fourth-order valence-electron chi connectivity index (χ4n) is 3.37. The number of aliphatic hydroxyl groups excluding tert-OH is 1. The summed E-state index contributed by atoms with van der Waals surface area (Å²) in [6, 6.07) is 15.1. The molecule has 0 fully saturated rings. The summed E-state index contributed by atoms with van der Waals surface area (Å²) < 4.78 is 17.8. The number of nitrogens with zero attached hydrogens (tertiary/aromatic N) is 1. The third-order valence-corrected chi connectivity index (χ3v) is 6.17. The topological polar surface area (TPSA) is 116 Å². The van der Waals surface area contributed by atoms with Crippen LogP contribution >= 0.6 is 11.3 Å². The van der Waals surface area contributed by atoms with Crippen LogP contribution in [0.5, 0.6) is 17.2 Å². The number of rotatable bonds is 10. The van der Waals surface area contributed by atoms with Gasteiger partial charge in [0.2, 0.25) is 0 Å². The van der Waals surface area contributed by atoms with Gasteiger partial charge in [-0.15, -0.1) is 11.3 Å². The highest BCUT2D eigenvalue weighted by Crippen LogP contribution is 2.33. The number of pyridine rings is 1. The second-order valence-electron chi connectivity index (χ2n) is 7.40. The van der Waals surface area contributed by atoms with Crippen LogP contribution in [-0.2, 0) is 13.2 Å². The van der Waals surface area contributed by atoms with Gasteiger partial charge in [0, 0.05) is 29.8 Å². The Morgan fingerprint density at radius 3 is 2.53 bits per heavy atom. The van der Waals surface area contributed by atoms with E-state index < -0.39 is 0 Å². The number of thiophene rings is 1. The zero-order valence-corrected chi connectivity index (χ0v) is 19.4. The molecule has 0 spiro atoms. The van der Waals surface area contributed by atoms with Crippen molar-refractivity contribution in [2.75, 3.05) is 26.0 Å². The average Bonchev–Trinajstić information content (AvgIpc) is 3.30. The van der Waals surface area contributed by atoms with Gasteiger partial charge in [-0.1, -0.05) is 18.2 Å². The summed E-state index contributed by atoms with van der Waals surface area (Å²) >= 11 is 1.41. The number of methoxy groups -OCH3 is 1. The molecule has 0 unspecified atom stereocenters. The van der Waals surface area contributed by atoms with Crippen molar-refractivity contribution < 1.29 is 24.1 Å². The highest BCUT2D eigenvalue weighted by Gasteiger charge is 2.17. The van der Waals surface area contributed by atoms with Gasteiger partial charge in [-0.25, -0.2) is 4.98 Å². The molecule has 176 valence electrons. The average molecular weight is 480 g/mol. The smallest absolute Gasteiger partial charge is 0.254 e. The number of benzene rings is 2. The molecule has 34 heavy (non-hydrogen) atoms. The summed E-state index contributed by atoms with van der Waals surface area (Å²) in [6.45, 7) is 0.716. The summed E-state index contributed by atoms with van der Waals surface area (Å²) in [5.74, 6) is 2.17. The van der Waals surface area contributed by atoms with Crippen molar-refractivity contribution in [3.05, 3.63) is 76.8 Å². The molecule has 4 N–H and O–H groups in total. The Bertz CT molecular complexity index is 1270. The molecule has 0 saturated heterocycles. The highest BCUT2D eigenvalue weighted by atomic mass is 32.1. The number of carbonyl (C=O) groups excluding carboxylic acids is 1. The van der Waals surface area contributed by atoms with Gasteiger partial charge in [-0.2, -0.15) is 0 Å². The maximum atomic E-state index is 12.4. The van der Waals surface area contributed by atoms with Crippen molar-refractivity contribution >= 4 is 33.1 Å². The normalized spacial score (nSPS) is 10.8. The number of fused-ring (bicyclic) bond motifs is 1. The maximum absolute atomic E-state index is 12.4. The predicted octanol–water partition coefficient (Wildman–Crippen LogP) is 3.77. The van der Waals surface area contributed by atoms with Gasteiger partial charge < -0.3 is 30.4 Å². The number of nitrogens with two attached hydrogens (primary N) is 1. The lowest BCUT2D eigenvalue weighted by Crippen LogP contribution is -2.26. The van der Waals surface area contributed by atoms with Gasteiger partial charge in [0.05, 0.1) is 24.0 Å². The maximum Gasteiger partial charge on any atom is 0.254 e. The van der Waals surface area contributed by atoms with Crippen LogP contribution in [0.2, 0.25) is 0 Å². The number of aliphatic hydroxyl groups is 1. The minimum Gasteiger partial charge on any atom is -0.497 e. The Morgan fingerprint density at radius 1 is 1.09 bits per heavy atom. The second-order valence-corrected chi connectivity index (χ2v) is 8.28. The van der Waals surface area contributed by atoms with E-state index >= 15 is 0 Å². The number of amides is 1. The lowest BCUT2D eigenvalue weighted by molar-refractivity contribution is 0.0946. The van der Waals surface area contributed by atoms with E-state index in [1.54, 1.807) is 7.11 Å². The largest absolute Gasteiger partial charge is 0.497 e. The molecule has 2 heterocycles. The molecule has 1 amide bonds. The fraction of sp³-hybridized carbons (Fsp3) is 0.200. The van der Waals surface area contributed by atoms with Crippen LogP contribution in [-0.4, -0.2) is 36.3 Å². The van der Waals surface area contributed by atoms with E-state index in [1.807, 2.05) is 53.9 Å². The van der Waals surface area contributed by atoms with Crippen molar-refractivity contribution in [1.82, 2.24) is 10.3 Å². The minimum atomic E-state index is -0.303. The number of carbonyl (C=O) groups is 1. The Hall–Kier alpha value is -3.82. The quantitative estimate of drug-likeness (QED) is 0.317. The van der Waals surface area contributed by atoms with Crippen LogP contribution in [0.3, 0.4) is 0 Å². The summed E-state index contributed by atoms with van der Waals surface area (Å²) in [4.78, 5) is 16.6. The van der Waals surface area contributed by atoms with Crippen molar-refractivity contribution in [2.45, 2.75) is 13.2 Å². The molecule has 0 aliphatic heterocycles. The Morgan fingerprint density at radius 2 is 1.82 bits per heavy atom. The molecular formula is C25H25N3O5S. The van der Waals surface area contributed by atoms with Crippen molar-refractivity contribution in [3.63, 3.8) is 0 Å². The predicted molar refractivity (Wildman–Crippen MR) is 132 cm³/mol. The van der Waals surface area contributed by atoms with E-state index in [-0.39, 0.29) is 25.7 Å². The van der Waals surface area contributed by atoms with E-state index in [9.17, 15) is 4.79 Å². The minimum absolute atomic E-state index is 0.135.